The summed E-state index contributed by atoms with van der Waals surface area (Å²) in [5.41, 5.74) is 0.474. The Morgan fingerprint density at radius 3 is 2.61 bits per heavy atom. The second-order valence-electron chi connectivity index (χ2n) is 4.64. The number of alkyl halides is 3. The number of aliphatic hydroxyl groups is 1. The van der Waals surface area contributed by atoms with E-state index in [2.05, 4.69) is 0 Å². The Morgan fingerprint density at radius 2 is 2.11 bits per heavy atom. The highest BCUT2D eigenvalue weighted by Crippen LogP contribution is 2.37. The predicted molar refractivity (Wildman–Crippen MR) is 66.6 cm³/mol. The molecule has 0 saturated carbocycles. The molecule has 18 heavy (non-hydrogen) atoms. The van der Waals surface area contributed by atoms with Gasteiger partial charge in [-0.25, -0.2) is 0 Å². The van der Waals surface area contributed by atoms with E-state index in [1.807, 2.05) is 0 Å². The lowest BCUT2D eigenvalue weighted by Crippen LogP contribution is -2.14. The van der Waals surface area contributed by atoms with Crippen molar-refractivity contribution in [1.29, 1.82) is 0 Å². The number of halogens is 3. The van der Waals surface area contributed by atoms with Crippen molar-refractivity contribution in [3.8, 4) is 0 Å². The average Bonchev–Trinajstić information content (AvgIpc) is 2.80. The number of benzene rings is 1. The minimum absolute atomic E-state index is 0.158. The summed E-state index contributed by atoms with van der Waals surface area (Å²) in [7, 11) is 0. The van der Waals surface area contributed by atoms with Gasteiger partial charge in [0.2, 0.25) is 0 Å². The molecule has 2 atom stereocenters. The second-order valence-corrected chi connectivity index (χ2v) is 5.79. The third kappa shape index (κ3) is 2.83. The molecule has 0 amide bonds. The third-order valence-electron chi connectivity index (χ3n) is 3.33. The molecule has 1 aromatic rings. The highest BCUT2D eigenvalue weighted by atomic mass is 32.2. The summed E-state index contributed by atoms with van der Waals surface area (Å²) in [4.78, 5) is 0. The molecule has 0 radical (unpaired) electrons. The summed E-state index contributed by atoms with van der Waals surface area (Å²) >= 11 is 1.78. The standard InChI is InChI=1S/C13H15F3OS/c1-8-6-10(13(14,15)16)2-3-11(8)12(17)9-4-5-18-7-9/h2-3,6,9,12,17H,4-5,7H2,1H3. The monoisotopic (exact) mass is 276 g/mol. The molecule has 0 aliphatic carbocycles. The van der Waals surface area contributed by atoms with Crippen molar-refractivity contribution >= 4 is 11.8 Å². The van der Waals surface area contributed by atoms with Crippen molar-refractivity contribution in [2.24, 2.45) is 5.92 Å². The van der Waals surface area contributed by atoms with E-state index in [4.69, 9.17) is 0 Å². The molecular weight excluding hydrogens is 261 g/mol. The van der Waals surface area contributed by atoms with E-state index in [0.717, 1.165) is 30.1 Å². The first-order valence-electron chi connectivity index (χ1n) is 5.83. The summed E-state index contributed by atoms with van der Waals surface area (Å²) in [5.74, 6) is 2.05. The molecule has 1 saturated heterocycles. The Balaban J connectivity index is 2.24. The quantitative estimate of drug-likeness (QED) is 0.886. The lowest BCUT2D eigenvalue weighted by Gasteiger charge is -2.20. The van der Waals surface area contributed by atoms with Gasteiger partial charge < -0.3 is 5.11 Å². The Kier molecular flexibility index (Phi) is 3.92. The molecule has 5 heteroatoms. The van der Waals surface area contributed by atoms with Crippen LogP contribution >= 0.6 is 11.8 Å². The average molecular weight is 276 g/mol. The van der Waals surface area contributed by atoms with E-state index >= 15 is 0 Å². The zero-order valence-corrected chi connectivity index (χ0v) is 10.8. The highest BCUT2D eigenvalue weighted by molar-refractivity contribution is 7.99. The number of rotatable bonds is 2. The lowest BCUT2D eigenvalue weighted by atomic mass is 9.91. The molecule has 1 fully saturated rings. The summed E-state index contributed by atoms with van der Waals surface area (Å²) in [6.07, 6.45) is -4.05. The molecule has 1 N–H and O–H groups in total. The van der Waals surface area contributed by atoms with Gasteiger partial charge in [-0.2, -0.15) is 24.9 Å². The number of hydrogen-bond acceptors (Lipinski definition) is 2. The normalized spacial score (nSPS) is 22.2. The van der Waals surface area contributed by atoms with Crippen LogP contribution in [-0.4, -0.2) is 16.6 Å². The van der Waals surface area contributed by atoms with Crippen molar-refractivity contribution in [1.82, 2.24) is 0 Å². The van der Waals surface area contributed by atoms with Crippen molar-refractivity contribution in [2.75, 3.05) is 11.5 Å². The van der Waals surface area contributed by atoms with Gasteiger partial charge in [-0.05, 0) is 54.0 Å². The minimum atomic E-state index is -4.32. The molecular formula is C13H15F3OS. The maximum atomic E-state index is 12.5. The Morgan fingerprint density at radius 1 is 1.39 bits per heavy atom. The molecule has 1 aliphatic heterocycles. The Labute approximate surface area is 108 Å². The van der Waals surface area contributed by atoms with Crippen LogP contribution in [0.2, 0.25) is 0 Å². The summed E-state index contributed by atoms with van der Waals surface area (Å²) in [6.45, 7) is 1.62. The van der Waals surface area contributed by atoms with Crippen LogP contribution in [0.1, 0.15) is 29.2 Å². The zero-order chi connectivity index (χ0) is 13.3. The fraction of sp³-hybridized carbons (Fsp3) is 0.538. The van der Waals surface area contributed by atoms with E-state index in [9.17, 15) is 18.3 Å². The highest BCUT2D eigenvalue weighted by Gasteiger charge is 2.32. The smallest absolute Gasteiger partial charge is 0.388 e. The summed E-state index contributed by atoms with van der Waals surface area (Å²) < 4.78 is 37.6. The largest absolute Gasteiger partial charge is 0.416 e. The van der Waals surface area contributed by atoms with E-state index in [0.29, 0.717) is 11.1 Å². The molecule has 0 aromatic heterocycles. The van der Waals surface area contributed by atoms with Crippen molar-refractivity contribution < 1.29 is 18.3 Å². The molecule has 100 valence electrons. The molecule has 1 aromatic carbocycles. The van der Waals surface area contributed by atoms with Gasteiger partial charge in [0.25, 0.3) is 0 Å². The van der Waals surface area contributed by atoms with Gasteiger partial charge in [0.05, 0.1) is 11.7 Å². The van der Waals surface area contributed by atoms with Crippen LogP contribution in [0.4, 0.5) is 13.2 Å². The fourth-order valence-electron chi connectivity index (χ4n) is 2.24. The van der Waals surface area contributed by atoms with Crippen LogP contribution in [0.25, 0.3) is 0 Å². The van der Waals surface area contributed by atoms with Gasteiger partial charge in [-0.3, -0.25) is 0 Å². The first-order valence-corrected chi connectivity index (χ1v) is 6.98. The van der Waals surface area contributed by atoms with E-state index < -0.39 is 17.8 Å². The zero-order valence-electron chi connectivity index (χ0n) is 10.00. The van der Waals surface area contributed by atoms with Crippen LogP contribution in [-0.2, 0) is 6.18 Å². The van der Waals surface area contributed by atoms with Crippen LogP contribution < -0.4 is 0 Å². The first kappa shape index (κ1) is 13.7. The number of aliphatic hydroxyl groups excluding tert-OH is 1. The predicted octanol–water partition coefficient (Wildman–Crippen LogP) is 3.80. The maximum absolute atomic E-state index is 12.5. The summed E-state index contributed by atoms with van der Waals surface area (Å²) in [5, 5.41) is 10.2. The van der Waals surface area contributed by atoms with E-state index in [1.165, 1.54) is 6.07 Å². The topological polar surface area (TPSA) is 20.2 Å². The van der Waals surface area contributed by atoms with Crippen LogP contribution in [0.5, 0.6) is 0 Å². The maximum Gasteiger partial charge on any atom is 0.416 e. The van der Waals surface area contributed by atoms with Crippen molar-refractivity contribution in [2.45, 2.75) is 25.6 Å². The van der Waals surface area contributed by atoms with Crippen molar-refractivity contribution in [3.63, 3.8) is 0 Å². The van der Waals surface area contributed by atoms with Gasteiger partial charge in [0.15, 0.2) is 0 Å². The number of hydrogen-bond donors (Lipinski definition) is 1. The lowest BCUT2D eigenvalue weighted by molar-refractivity contribution is -0.137. The van der Waals surface area contributed by atoms with E-state index in [-0.39, 0.29) is 5.92 Å². The Bertz CT molecular complexity index is 425. The molecule has 1 heterocycles. The fourth-order valence-corrected chi connectivity index (χ4v) is 3.53. The van der Waals surface area contributed by atoms with Crippen LogP contribution in [0.3, 0.4) is 0 Å². The number of thioether (sulfide) groups is 1. The van der Waals surface area contributed by atoms with Gasteiger partial charge in [0.1, 0.15) is 0 Å². The van der Waals surface area contributed by atoms with Gasteiger partial charge >= 0.3 is 6.18 Å². The number of aryl methyl sites for hydroxylation is 1. The molecule has 0 bridgehead atoms. The second kappa shape index (κ2) is 5.13. The van der Waals surface area contributed by atoms with Gasteiger partial charge in [-0.15, -0.1) is 0 Å². The van der Waals surface area contributed by atoms with Crippen molar-refractivity contribution in [3.05, 3.63) is 34.9 Å². The molecule has 2 unspecified atom stereocenters. The summed E-state index contributed by atoms with van der Waals surface area (Å²) in [6, 6.07) is 3.57. The molecule has 1 nitrogen and oxygen atoms in total. The first-order chi connectivity index (χ1) is 8.39. The van der Waals surface area contributed by atoms with Crippen LogP contribution in [0.15, 0.2) is 18.2 Å². The molecule has 0 spiro atoms. The SMILES string of the molecule is Cc1cc(C(F)(F)F)ccc1C(O)C1CCSC1. The third-order valence-corrected chi connectivity index (χ3v) is 4.52. The minimum Gasteiger partial charge on any atom is -0.388 e. The van der Waals surface area contributed by atoms with Crippen LogP contribution in [0, 0.1) is 12.8 Å². The van der Waals surface area contributed by atoms with Gasteiger partial charge in [0, 0.05) is 0 Å². The van der Waals surface area contributed by atoms with Gasteiger partial charge in [-0.1, -0.05) is 6.07 Å². The Hall–Kier alpha value is -0.680. The molecule has 1 aliphatic rings. The molecule has 2 rings (SSSR count). The van der Waals surface area contributed by atoms with E-state index in [1.54, 1.807) is 18.7 Å².